The molecule has 39 heavy (non-hydrogen) atoms. The van der Waals surface area contributed by atoms with E-state index in [4.69, 9.17) is 9.47 Å². The van der Waals surface area contributed by atoms with Crippen molar-refractivity contribution in [3.8, 4) is 5.75 Å². The SMILES string of the molecule is CCOc1cc(C(CC(=O)O)CC2=NN(CC(F)(F)F)C(OCCc3ccc4c(n3)NCCC4)C2)ccc1C. The number of nitrogens with one attached hydrogen (secondary N) is 1. The number of alkyl halides is 3. The van der Waals surface area contributed by atoms with Gasteiger partial charge in [0.05, 0.1) is 19.6 Å². The summed E-state index contributed by atoms with van der Waals surface area (Å²) in [5, 5.41) is 18.0. The number of hydrazone groups is 1. The molecular formula is C28H35F3N4O4. The van der Waals surface area contributed by atoms with Gasteiger partial charge in [-0.25, -0.2) is 4.98 Å². The number of hydrogen-bond donors (Lipinski definition) is 2. The number of carbonyl (C=O) groups is 1. The molecule has 212 valence electrons. The smallest absolute Gasteiger partial charge is 0.407 e. The van der Waals surface area contributed by atoms with Crippen molar-refractivity contribution in [2.24, 2.45) is 5.10 Å². The molecule has 0 radical (unpaired) electrons. The molecular weight excluding hydrogens is 513 g/mol. The molecule has 2 atom stereocenters. The number of halogens is 3. The second-order valence-corrected chi connectivity index (χ2v) is 9.96. The zero-order valence-electron chi connectivity index (χ0n) is 22.3. The van der Waals surface area contributed by atoms with Crippen LogP contribution >= 0.6 is 0 Å². The van der Waals surface area contributed by atoms with Crippen molar-refractivity contribution in [3.63, 3.8) is 0 Å². The third kappa shape index (κ3) is 8.08. The summed E-state index contributed by atoms with van der Waals surface area (Å²) in [6.07, 6.45) is -2.69. The normalized spacial score (nSPS) is 17.8. The van der Waals surface area contributed by atoms with Gasteiger partial charge >= 0.3 is 12.1 Å². The third-order valence-electron chi connectivity index (χ3n) is 6.86. The first-order valence-electron chi connectivity index (χ1n) is 13.3. The molecule has 0 saturated carbocycles. The highest BCUT2D eigenvalue weighted by atomic mass is 19.4. The molecule has 0 saturated heterocycles. The molecule has 0 spiro atoms. The van der Waals surface area contributed by atoms with Crippen molar-refractivity contribution >= 4 is 17.5 Å². The Bertz CT molecular complexity index is 1190. The molecule has 8 nitrogen and oxygen atoms in total. The maximum atomic E-state index is 13.3. The number of fused-ring (bicyclic) bond motifs is 1. The number of benzene rings is 1. The van der Waals surface area contributed by atoms with Crippen LogP contribution in [0, 0.1) is 6.92 Å². The van der Waals surface area contributed by atoms with Crippen LogP contribution in [0.5, 0.6) is 5.75 Å². The lowest BCUT2D eigenvalue weighted by Gasteiger charge is -2.24. The van der Waals surface area contributed by atoms with Crippen molar-refractivity contribution in [1.29, 1.82) is 0 Å². The van der Waals surface area contributed by atoms with Gasteiger partial charge in [0, 0.05) is 30.8 Å². The summed E-state index contributed by atoms with van der Waals surface area (Å²) in [7, 11) is 0. The van der Waals surface area contributed by atoms with E-state index >= 15 is 0 Å². The monoisotopic (exact) mass is 548 g/mol. The summed E-state index contributed by atoms with van der Waals surface area (Å²) in [4.78, 5) is 16.3. The lowest BCUT2D eigenvalue weighted by atomic mass is 9.89. The number of nitrogens with zero attached hydrogens (tertiary/aromatic N) is 3. The minimum absolute atomic E-state index is 0.162. The zero-order valence-corrected chi connectivity index (χ0v) is 22.3. The van der Waals surface area contributed by atoms with E-state index in [0.29, 0.717) is 24.5 Å². The summed E-state index contributed by atoms with van der Waals surface area (Å²) < 4.78 is 51.6. The fourth-order valence-electron chi connectivity index (χ4n) is 4.98. The summed E-state index contributed by atoms with van der Waals surface area (Å²) in [5.41, 5.74) is 4.10. The summed E-state index contributed by atoms with van der Waals surface area (Å²) >= 11 is 0. The average Bonchev–Trinajstić information content (AvgIpc) is 3.24. The lowest BCUT2D eigenvalue weighted by molar-refractivity contribution is -0.169. The van der Waals surface area contributed by atoms with E-state index in [-0.39, 0.29) is 25.9 Å². The lowest BCUT2D eigenvalue weighted by Crippen LogP contribution is -2.37. The Morgan fingerprint density at radius 1 is 1.28 bits per heavy atom. The fourth-order valence-corrected chi connectivity index (χ4v) is 4.98. The van der Waals surface area contributed by atoms with Crippen molar-refractivity contribution in [3.05, 3.63) is 52.7 Å². The molecule has 2 N–H and O–H groups in total. The second kappa shape index (κ2) is 12.7. The minimum Gasteiger partial charge on any atom is -0.494 e. The average molecular weight is 549 g/mol. The Hall–Kier alpha value is -3.34. The fraction of sp³-hybridized carbons (Fsp3) is 0.536. The topological polar surface area (TPSA) is 96.3 Å². The van der Waals surface area contributed by atoms with E-state index in [2.05, 4.69) is 15.4 Å². The van der Waals surface area contributed by atoms with Crippen LogP contribution in [-0.2, 0) is 22.4 Å². The number of rotatable bonds is 12. The summed E-state index contributed by atoms with van der Waals surface area (Å²) in [6, 6.07) is 9.46. The first-order chi connectivity index (χ1) is 18.6. The number of aryl methyl sites for hydroxylation is 2. The molecule has 0 amide bonds. The quantitative estimate of drug-likeness (QED) is 0.371. The van der Waals surface area contributed by atoms with Crippen LogP contribution < -0.4 is 10.1 Å². The maximum absolute atomic E-state index is 13.3. The van der Waals surface area contributed by atoms with Gasteiger partial charge in [-0.2, -0.15) is 18.3 Å². The number of carboxylic acids is 1. The van der Waals surface area contributed by atoms with Crippen LogP contribution in [-0.4, -0.2) is 65.5 Å². The highest BCUT2D eigenvalue weighted by Crippen LogP contribution is 2.33. The van der Waals surface area contributed by atoms with Crippen molar-refractivity contribution < 1.29 is 32.5 Å². The van der Waals surface area contributed by atoms with Crippen LogP contribution in [0.25, 0.3) is 0 Å². The van der Waals surface area contributed by atoms with Crippen LogP contribution in [0.3, 0.4) is 0 Å². The second-order valence-electron chi connectivity index (χ2n) is 9.96. The standard InChI is InChI=1S/C28H35F3N4O4/c1-3-38-24-14-20(7-6-18(24)2)21(15-26(36)37)13-23-16-25(35(34-23)17-28(29,30)31)39-12-10-22-9-8-19-5-4-11-32-27(19)33-22/h6-9,14,21,25H,3-5,10-13,15-17H2,1-2H3,(H,32,33)(H,36,37). The first kappa shape index (κ1) is 28.7. The number of pyridine rings is 1. The van der Waals surface area contributed by atoms with Gasteiger partial charge in [0.2, 0.25) is 0 Å². The molecule has 0 bridgehead atoms. The highest BCUT2D eigenvalue weighted by Gasteiger charge is 2.38. The maximum Gasteiger partial charge on any atom is 0.407 e. The molecule has 2 aliphatic rings. The van der Waals surface area contributed by atoms with Crippen molar-refractivity contribution in [2.75, 3.05) is 31.6 Å². The number of carboxylic acid groups (broad SMARTS) is 1. The number of ether oxygens (including phenoxy) is 2. The molecule has 0 fully saturated rings. The van der Waals surface area contributed by atoms with Gasteiger partial charge in [-0.05, 0) is 67.9 Å². The Morgan fingerprint density at radius 2 is 2.10 bits per heavy atom. The van der Waals surface area contributed by atoms with Crippen LogP contribution in [0.1, 0.15) is 60.9 Å². The number of anilines is 1. The number of aliphatic carboxylic acids is 1. The highest BCUT2D eigenvalue weighted by molar-refractivity contribution is 5.87. The van der Waals surface area contributed by atoms with Gasteiger partial charge in [0.25, 0.3) is 0 Å². The van der Waals surface area contributed by atoms with Gasteiger partial charge in [-0.3, -0.25) is 9.80 Å². The molecule has 2 unspecified atom stereocenters. The minimum atomic E-state index is -4.46. The number of aromatic nitrogens is 1. The van der Waals surface area contributed by atoms with Gasteiger partial charge in [-0.15, -0.1) is 0 Å². The third-order valence-corrected chi connectivity index (χ3v) is 6.86. The molecule has 2 aliphatic heterocycles. The number of hydrogen-bond acceptors (Lipinski definition) is 7. The van der Waals surface area contributed by atoms with Gasteiger partial charge < -0.3 is 19.9 Å². The molecule has 1 aromatic heterocycles. The van der Waals surface area contributed by atoms with E-state index in [1.807, 2.05) is 44.2 Å². The predicted octanol–water partition coefficient (Wildman–Crippen LogP) is 5.30. The van der Waals surface area contributed by atoms with Gasteiger partial charge in [0.15, 0.2) is 6.23 Å². The van der Waals surface area contributed by atoms with E-state index in [9.17, 15) is 23.1 Å². The van der Waals surface area contributed by atoms with Gasteiger partial charge in [0.1, 0.15) is 18.1 Å². The molecule has 4 rings (SSSR count). The summed E-state index contributed by atoms with van der Waals surface area (Å²) in [5.74, 6) is 0.0468. The van der Waals surface area contributed by atoms with E-state index in [1.54, 1.807) is 0 Å². The molecule has 0 aliphatic carbocycles. The first-order valence-corrected chi connectivity index (χ1v) is 13.3. The largest absolute Gasteiger partial charge is 0.494 e. The van der Waals surface area contributed by atoms with Gasteiger partial charge in [-0.1, -0.05) is 18.2 Å². The van der Waals surface area contributed by atoms with E-state index in [0.717, 1.165) is 52.6 Å². The zero-order chi connectivity index (χ0) is 28.0. The summed E-state index contributed by atoms with van der Waals surface area (Å²) in [6.45, 7) is 4.03. The van der Waals surface area contributed by atoms with E-state index in [1.165, 1.54) is 0 Å². The van der Waals surface area contributed by atoms with Crippen LogP contribution in [0.2, 0.25) is 0 Å². The van der Waals surface area contributed by atoms with Crippen molar-refractivity contribution in [1.82, 2.24) is 9.99 Å². The van der Waals surface area contributed by atoms with Crippen molar-refractivity contribution in [2.45, 2.75) is 70.7 Å². The molecule has 11 heteroatoms. The molecule has 3 heterocycles. The predicted molar refractivity (Wildman–Crippen MR) is 141 cm³/mol. The Kier molecular flexibility index (Phi) is 9.32. The van der Waals surface area contributed by atoms with Crippen LogP contribution in [0.4, 0.5) is 19.0 Å². The molecule has 1 aromatic carbocycles. The van der Waals surface area contributed by atoms with E-state index < -0.39 is 30.8 Å². The molecule has 2 aromatic rings. The Morgan fingerprint density at radius 3 is 2.85 bits per heavy atom. The Balaban J connectivity index is 1.44. The van der Waals surface area contributed by atoms with Crippen LogP contribution in [0.15, 0.2) is 35.4 Å². The Labute approximate surface area is 226 Å².